The van der Waals surface area contributed by atoms with Gasteiger partial charge in [-0.15, -0.1) is 0 Å². The van der Waals surface area contributed by atoms with Crippen LogP contribution in [0, 0.1) is 10.7 Å². The Kier molecular flexibility index (Phi) is 7.69. The van der Waals surface area contributed by atoms with Crippen LogP contribution in [0.3, 0.4) is 0 Å². The van der Waals surface area contributed by atoms with E-state index < -0.39 is 16.1 Å². The second-order valence-electron chi connectivity index (χ2n) is 7.64. The minimum Gasteiger partial charge on any atom is -0.744 e. The van der Waals surface area contributed by atoms with Crippen LogP contribution in [0.4, 0.5) is 0 Å². The number of fused-ring (bicyclic) bond motifs is 2. The van der Waals surface area contributed by atoms with Gasteiger partial charge >= 0.3 is 5.97 Å². The van der Waals surface area contributed by atoms with Gasteiger partial charge in [0, 0.05) is 10.7 Å². The molecule has 0 spiro atoms. The van der Waals surface area contributed by atoms with Crippen LogP contribution in [0.15, 0.2) is 41.3 Å². The minimum absolute atomic E-state index is 0.196. The van der Waals surface area contributed by atoms with Crippen LogP contribution in [0.25, 0.3) is 10.8 Å². The molecule has 0 bridgehead atoms. The van der Waals surface area contributed by atoms with E-state index in [9.17, 15) is 17.8 Å². The van der Waals surface area contributed by atoms with Crippen molar-refractivity contribution < 1.29 is 22.5 Å². The van der Waals surface area contributed by atoms with E-state index in [1.807, 2.05) is 24.3 Å². The van der Waals surface area contributed by atoms with E-state index in [-0.39, 0.29) is 4.90 Å². The average Bonchev–Trinajstić information content (AvgIpc) is 2.72. The maximum atomic E-state index is 13.4. The molecule has 0 N–H and O–H groups in total. The maximum absolute atomic E-state index is 13.4. The molecular weight excluding hydrogens is 769 g/mol. The van der Waals surface area contributed by atoms with Gasteiger partial charge in [0.15, 0.2) is 0 Å². The summed E-state index contributed by atoms with van der Waals surface area (Å²) in [7, 11) is -4.61. The minimum atomic E-state index is -4.61. The number of benzene rings is 3. The topological polar surface area (TPSA) is 83.5 Å². The Morgan fingerprint density at radius 2 is 1.41 bits per heavy atom. The van der Waals surface area contributed by atoms with Gasteiger partial charge in [0.25, 0.3) is 0 Å². The Labute approximate surface area is 227 Å². The van der Waals surface area contributed by atoms with E-state index in [4.69, 9.17) is 4.74 Å². The molecule has 0 unspecified atom stereocenters. The molecule has 1 aliphatic carbocycles. The SMILES string of the molecule is O=C(Oc1ccc(S(=O)(=O)[O-])c2c1CCCCCC2)c1c(I)c(I)c2ccccc2c1I. The number of carbonyl (C=O) groups excluding carboxylic acids is 1. The third kappa shape index (κ3) is 4.82. The lowest BCUT2D eigenvalue weighted by atomic mass is 9.92. The molecule has 32 heavy (non-hydrogen) atoms. The van der Waals surface area contributed by atoms with Crippen molar-refractivity contribution in [3.63, 3.8) is 0 Å². The van der Waals surface area contributed by atoms with Crippen molar-refractivity contribution in [1.82, 2.24) is 0 Å². The van der Waals surface area contributed by atoms with Crippen molar-refractivity contribution in [3.8, 4) is 5.75 Å². The molecule has 0 radical (unpaired) electrons. The average molecular weight is 787 g/mol. The Morgan fingerprint density at radius 3 is 2.03 bits per heavy atom. The molecule has 5 nitrogen and oxygen atoms in total. The third-order valence-corrected chi connectivity index (χ3v) is 10.9. The quantitative estimate of drug-likeness (QED) is 0.101. The smallest absolute Gasteiger partial charge is 0.345 e. The summed E-state index contributed by atoms with van der Waals surface area (Å²) in [4.78, 5) is 13.2. The summed E-state index contributed by atoms with van der Waals surface area (Å²) in [6.45, 7) is 0. The number of carbonyl (C=O) groups is 1. The van der Waals surface area contributed by atoms with Crippen LogP contribution < -0.4 is 4.74 Å². The van der Waals surface area contributed by atoms with Crippen LogP contribution >= 0.6 is 67.8 Å². The number of rotatable bonds is 3. The van der Waals surface area contributed by atoms with Gasteiger partial charge in [-0.3, -0.25) is 0 Å². The predicted molar refractivity (Wildman–Crippen MR) is 147 cm³/mol. The normalized spacial score (nSPS) is 14.5. The van der Waals surface area contributed by atoms with E-state index in [0.29, 0.717) is 35.3 Å². The molecule has 4 rings (SSSR count). The predicted octanol–water partition coefficient (Wildman–Crippen LogP) is 6.44. The molecule has 0 aromatic heterocycles. The first-order valence-electron chi connectivity index (χ1n) is 10.1. The second kappa shape index (κ2) is 10.0. The van der Waals surface area contributed by atoms with E-state index in [1.165, 1.54) is 12.1 Å². The van der Waals surface area contributed by atoms with Gasteiger partial charge in [0.05, 0.1) is 10.5 Å². The summed E-state index contributed by atoms with van der Waals surface area (Å²) in [5, 5.41) is 2.06. The summed E-state index contributed by atoms with van der Waals surface area (Å²) in [5.74, 6) is -0.140. The zero-order valence-electron chi connectivity index (χ0n) is 16.8. The molecule has 0 atom stereocenters. The summed E-state index contributed by atoms with van der Waals surface area (Å²) in [5.41, 5.74) is 1.66. The lowest BCUT2D eigenvalue weighted by Crippen LogP contribution is -2.17. The van der Waals surface area contributed by atoms with Crippen molar-refractivity contribution >= 4 is 94.6 Å². The molecule has 0 heterocycles. The first-order valence-corrected chi connectivity index (χ1v) is 14.7. The third-order valence-electron chi connectivity index (χ3n) is 5.66. The molecule has 0 saturated heterocycles. The van der Waals surface area contributed by atoms with Gasteiger partial charge in [0.1, 0.15) is 15.9 Å². The fourth-order valence-electron chi connectivity index (χ4n) is 4.14. The maximum Gasteiger partial charge on any atom is 0.345 e. The first-order chi connectivity index (χ1) is 15.2. The molecule has 0 fully saturated rings. The molecule has 3 aromatic rings. The molecule has 3 aromatic carbocycles. The fraction of sp³-hybridized carbons (Fsp3) is 0.261. The molecule has 0 aliphatic heterocycles. The number of ether oxygens (including phenoxy) is 1. The van der Waals surface area contributed by atoms with Gasteiger partial charge in [-0.05, 0) is 127 Å². The zero-order valence-corrected chi connectivity index (χ0v) is 24.1. The monoisotopic (exact) mass is 787 g/mol. The molecule has 9 heteroatoms. The van der Waals surface area contributed by atoms with E-state index in [0.717, 1.165) is 47.2 Å². The lowest BCUT2D eigenvalue weighted by molar-refractivity contribution is 0.0730. The number of esters is 1. The van der Waals surface area contributed by atoms with Crippen molar-refractivity contribution in [2.24, 2.45) is 0 Å². The van der Waals surface area contributed by atoms with Gasteiger partial charge in [0.2, 0.25) is 0 Å². The molecule has 0 saturated carbocycles. The van der Waals surface area contributed by atoms with Crippen molar-refractivity contribution in [3.05, 3.63) is 63.8 Å². The Balaban J connectivity index is 1.82. The fourth-order valence-corrected chi connectivity index (χ4v) is 7.90. The molecule has 1 aliphatic rings. The van der Waals surface area contributed by atoms with Crippen molar-refractivity contribution in [2.75, 3.05) is 0 Å². The Morgan fingerprint density at radius 1 is 0.812 bits per heavy atom. The highest BCUT2D eigenvalue weighted by Gasteiger charge is 2.25. The van der Waals surface area contributed by atoms with Crippen molar-refractivity contribution in [2.45, 2.75) is 43.4 Å². The zero-order chi connectivity index (χ0) is 23.0. The van der Waals surface area contributed by atoms with E-state index >= 15 is 0 Å². The Bertz CT molecular complexity index is 1340. The van der Waals surface area contributed by atoms with Crippen LogP contribution in [-0.2, 0) is 23.0 Å². The number of hydrogen-bond donors (Lipinski definition) is 0. The van der Waals surface area contributed by atoms with Crippen LogP contribution in [-0.4, -0.2) is 18.9 Å². The van der Waals surface area contributed by atoms with Crippen molar-refractivity contribution in [1.29, 1.82) is 0 Å². The second-order valence-corrected chi connectivity index (χ2v) is 12.2. The van der Waals surface area contributed by atoms with Crippen LogP contribution in [0.5, 0.6) is 5.75 Å². The summed E-state index contributed by atoms with van der Waals surface area (Å²) in [6, 6.07) is 10.7. The molecule has 168 valence electrons. The highest BCUT2D eigenvalue weighted by molar-refractivity contribution is 14.1. The van der Waals surface area contributed by atoms with E-state index in [1.54, 1.807) is 0 Å². The number of hydrogen-bond acceptors (Lipinski definition) is 5. The summed E-state index contributed by atoms with van der Waals surface area (Å²) >= 11 is 6.60. The first kappa shape index (κ1) is 24.6. The summed E-state index contributed by atoms with van der Waals surface area (Å²) in [6.07, 6.45) is 4.70. The van der Waals surface area contributed by atoms with Gasteiger partial charge in [-0.1, -0.05) is 37.1 Å². The molecular formula is C23H18I3O5S-. The van der Waals surface area contributed by atoms with Crippen LogP contribution in [0.2, 0.25) is 0 Å². The highest BCUT2D eigenvalue weighted by atomic mass is 127. The Hall–Kier alpha value is -0.510. The van der Waals surface area contributed by atoms with Gasteiger partial charge < -0.3 is 9.29 Å². The highest BCUT2D eigenvalue weighted by Crippen LogP contribution is 2.37. The van der Waals surface area contributed by atoms with Gasteiger partial charge in [-0.25, -0.2) is 13.2 Å². The summed E-state index contributed by atoms with van der Waals surface area (Å²) < 4.78 is 44.0. The largest absolute Gasteiger partial charge is 0.744 e. The van der Waals surface area contributed by atoms with Gasteiger partial charge in [-0.2, -0.15) is 0 Å². The lowest BCUT2D eigenvalue weighted by Gasteiger charge is -2.22. The van der Waals surface area contributed by atoms with Crippen LogP contribution in [0.1, 0.15) is 47.2 Å². The molecule has 0 amide bonds. The van der Waals surface area contributed by atoms with E-state index in [2.05, 4.69) is 67.8 Å². The standard InChI is InChI=1S/C23H19I3O5S/c24-20-15-9-5-6-10-16(15)21(25)22(26)19(20)23(27)31-17-11-12-18(32(28,29)30)14-8-4-2-1-3-7-13(14)17/h5-6,9-12H,1-4,7-8H2,(H,28,29,30)/p-1. The number of halogens is 3.